The van der Waals surface area contributed by atoms with Gasteiger partial charge in [0.05, 0.1) is 16.7 Å². The van der Waals surface area contributed by atoms with Crippen molar-refractivity contribution < 1.29 is 14.6 Å². The van der Waals surface area contributed by atoms with Crippen molar-refractivity contribution in [2.24, 2.45) is 0 Å². The third-order valence-corrected chi connectivity index (χ3v) is 3.75. The van der Waals surface area contributed by atoms with Gasteiger partial charge in [-0.15, -0.1) is 0 Å². The van der Waals surface area contributed by atoms with E-state index in [4.69, 9.17) is 27.9 Å². The Labute approximate surface area is 138 Å². The number of rotatable bonds is 5. The van der Waals surface area contributed by atoms with Crippen LogP contribution in [0.1, 0.15) is 16.7 Å². The number of esters is 1. The molecule has 5 heteroatoms. The Morgan fingerprint density at radius 1 is 1.09 bits per heavy atom. The summed E-state index contributed by atoms with van der Waals surface area (Å²) in [4.78, 5) is 11.7. The first-order chi connectivity index (χ1) is 10.6. The Hall–Kier alpha value is -1.81. The van der Waals surface area contributed by atoms with Crippen LogP contribution in [0.2, 0.25) is 10.0 Å². The fourth-order valence-corrected chi connectivity index (χ4v) is 2.14. The summed E-state index contributed by atoms with van der Waals surface area (Å²) in [5.74, 6) is -0.473. The molecule has 0 saturated carbocycles. The van der Waals surface area contributed by atoms with Crippen molar-refractivity contribution >= 4 is 35.2 Å². The third kappa shape index (κ3) is 4.60. The zero-order valence-corrected chi connectivity index (χ0v) is 13.1. The lowest BCUT2D eigenvalue weighted by atomic mass is 10.1. The van der Waals surface area contributed by atoms with Crippen LogP contribution >= 0.6 is 23.2 Å². The quantitative estimate of drug-likeness (QED) is 0.656. The standard InChI is InChI=1S/C17H14Cl2O3/c18-15-7-5-12(9-16(15)19)6-8-17(21)22-11-14-4-2-1-3-13(14)10-20/h1-9,20H,10-11H2. The predicted octanol–water partition coefficient (Wildman–Crippen LogP) is 4.24. The summed E-state index contributed by atoms with van der Waals surface area (Å²) < 4.78 is 5.15. The topological polar surface area (TPSA) is 46.5 Å². The molecule has 0 saturated heterocycles. The van der Waals surface area contributed by atoms with E-state index in [1.54, 1.807) is 30.3 Å². The first-order valence-corrected chi connectivity index (χ1v) is 7.33. The molecule has 2 aromatic carbocycles. The molecule has 3 nitrogen and oxygen atoms in total. The first kappa shape index (κ1) is 16.6. The summed E-state index contributed by atoms with van der Waals surface area (Å²) in [6.45, 7) is 0.0219. The van der Waals surface area contributed by atoms with Crippen LogP contribution in [0, 0.1) is 0 Å². The fourth-order valence-electron chi connectivity index (χ4n) is 1.83. The van der Waals surface area contributed by atoms with Gasteiger partial charge >= 0.3 is 5.97 Å². The number of halogens is 2. The van der Waals surface area contributed by atoms with Crippen LogP contribution in [0.3, 0.4) is 0 Å². The predicted molar refractivity (Wildman–Crippen MR) is 87.7 cm³/mol. The molecule has 0 radical (unpaired) electrons. The summed E-state index contributed by atoms with van der Waals surface area (Å²) in [5, 5.41) is 10.1. The van der Waals surface area contributed by atoms with E-state index in [1.807, 2.05) is 18.2 Å². The molecule has 0 aliphatic rings. The number of carbonyl (C=O) groups is 1. The van der Waals surface area contributed by atoms with Crippen LogP contribution < -0.4 is 0 Å². The zero-order valence-electron chi connectivity index (χ0n) is 11.6. The molecule has 0 bridgehead atoms. The summed E-state index contributed by atoms with van der Waals surface area (Å²) >= 11 is 11.7. The highest BCUT2D eigenvalue weighted by Gasteiger charge is 2.04. The van der Waals surface area contributed by atoms with Gasteiger partial charge in [0.2, 0.25) is 0 Å². The van der Waals surface area contributed by atoms with Gasteiger partial charge in [0, 0.05) is 6.08 Å². The molecule has 114 valence electrons. The lowest BCUT2D eigenvalue weighted by Gasteiger charge is -2.06. The number of hydrogen-bond acceptors (Lipinski definition) is 3. The molecule has 1 N–H and O–H groups in total. The largest absolute Gasteiger partial charge is 0.458 e. The molecule has 0 spiro atoms. The molecule has 0 heterocycles. The molecule has 0 amide bonds. The second kappa shape index (κ2) is 7.99. The average Bonchev–Trinajstić information content (AvgIpc) is 2.54. The van der Waals surface area contributed by atoms with Crippen LogP contribution in [-0.2, 0) is 22.7 Å². The van der Waals surface area contributed by atoms with Crippen molar-refractivity contribution in [3.05, 3.63) is 75.3 Å². The van der Waals surface area contributed by atoms with Crippen LogP contribution in [-0.4, -0.2) is 11.1 Å². The molecule has 0 unspecified atom stereocenters. The SMILES string of the molecule is O=C(C=Cc1ccc(Cl)c(Cl)c1)OCc1ccccc1CO. The Kier molecular flexibility index (Phi) is 6.01. The molecule has 2 rings (SSSR count). The highest BCUT2D eigenvalue weighted by Crippen LogP contribution is 2.23. The first-order valence-electron chi connectivity index (χ1n) is 6.57. The Bertz CT molecular complexity index is 696. The van der Waals surface area contributed by atoms with Crippen molar-refractivity contribution in [3.63, 3.8) is 0 Å². The molecule has 22 heavy (non-hydrogen) atoms. The van der Waals surface area contributed by atoms with Gasteiger partial charge in [-0.3, -0.25) is 0 Å². The van der Waals surface area contributed by atoms with Crippen molar-refractivity contribution in [1.29, 1.82) is 0 Å². The molecule has 0 aliphatic heterocycles. The van der Waals surface area contributed by atoms with Crippen LogP contribution in [0.25, 0.3) is 6.08 Å². The van der Waals surface area contributed by atoms with Crippen LogP contribution in [0.5, 0.6) is 0 Å². The van der Waals surface area contributed by atoms with E-state index in [0.717, 1.165) is 16.7 Å². The van der Waals surface area contributed by atoms with Crippen molar-refractivity contribution in [2.75, 3.05) is 0 Å². The second-order valence-electron chi connectivity index (χ2n) is 4.54. The van der Waals surface area contributed by atoms with Gasteiger partial charge < -0.3 is 9.84 Å². The number of aliphatic hydroxyl groups is 1. The van der Waals surface area contributed by atoms with E-state index in [1.165, 1.54) is 6.08 Å². The summed E-state index contributed by atoms with van der Waals surface area (Å²) in [6.07, 6.45) is 2.92. The minimum atomic E-state index is -0.473. The monoisotopic (exact) mass is 336 g/mol. The number of hydrogen-bond donors (Lipinski definition) is 1. The maximum atomic E-state index is 11.7. The van der Waals surface area contributed by atoms with Crippen molar-refractivity contribution in [3.8, 4) is 0 Å². The number of ether oxygens (including phenoxy) is 1. The van der Waals surface area contributed by atoms with E-state index in [9.17, 15) is 9.90 Å². The highest BCUT2D eigenvalue weighted by atomic mass is 35.5. The molecule has 0 aromatic heterocycles. The molecular weight excluding hydrogens is 323 g/mol. The van der Waals surface area contributed by atoms with Gasteiger partial charge in [0.15, 0.2) is 0 Å². The third-order valence-electron chi connectivity index (χ3n) is 3.01. The number of benzene rings is 2. The molecule has 0 fully saturated rings. The summed E-state index contributed by atoms with van der Waals surface area (Å²) in [6, 6.07) is 12.3. The minimum Gasteiger partial charge on any atom is -0.458 e. The molecular formula is C17H14Cl2O3. The van der Waals surface area contributed by atoms with Gasteiger partial charge in [-0.1, -0.05) is 53.5 Å². The van der Waals surface area contributed by atoms with E-state index in [-0.39, 0.29) is 13.2 Å². The van der Waals surface area contributed by atoms with Gasteiger partial charge in [0.25, 0.3) is 0 Å². The average molecular weight is 337 g/mol. The Morgan fingerprint density at radius 2 is 1.82 bits per heavy atom. The smallest absolute Gasteiger partial charge is 0.331 e. The lowest BCUT2D eigenvalue weighted by Crippen LogP contribution is -2.03. The Balaban J connectivity index is 1.95. The van der Waals surface area contributed by atoms with Gasteiger partial charge in [0.1, 0.15) is 6.61 Å². The minimum absolute atomic E-state index is 0.0904. The van der Waals surface area contributed by atoms with E-state index in [2.05, 4.69) is 0 Å². The van der Waals surface area contributed by atoms with Gasteiger partial charge in [-0.05, 0) is 34.9 Å². The Morgan fingerprint density at radius 3 is 2.50 bits per heavy atom. The van der Waals surface area contributed by atoms with Gasteiger partial charge in [-0.2, -0.15) is 0 Å². The van der Waals surface area contributed by atoms with Crippen molar-refractivity contribution in [2.45, 2.75) is 13.2 Å². The normalized spacial score (nSPS) is 10.9. The van der Waals surface area contributed by atoms with Crippen LogP contribution in [0.4, 0.5) is 0 Å². The van der Waals surface area contributed by atoms with E-state index >= 15 is 0 Å². The summed E-state index contributed by atoms with van der Waals surface area (Å²) in [5.41, 5.74) is 2.27. The molecule has 0 aliphatic carbocycles. The van der Waals surface area contributed by atoms with Gasteiger partial charge in [-0.25, -0.2) is 4.79 Å². The maximum absolute atomic E-state index is 11.7. The number of aliphatic hydroxyl groups excluding tert-OH is 1. The van der Waals surface area contributed by atoms with E-state index in [0.29, 0.717) is 10.0 Å². The number of carbonyl (C=O) groups excluding carboxylic acids is 1. The summed E-state index contributed by atoms with van der Waals surface area (Å²) in [7, 11) is 0. The van der Waals surface area contributed by atoms with E-state index < -0.39 is 5.97 Å². The van der Waals surface area contributed by atoms with Crippen LogP contribution in [0.15, 0.2) is 48.5 Å². The lowest BCUT2D eigenvalue weighted by molar-refractivity contribution is -0.138. The van der Waals surface area contributed by atoms with Crippen molar-refractivity contribution in [1.82, 2.24) is 0 Å². The highest BCUT2D eigenvalue weighted by molar-refractivity contribution is 6.42. The molecule has 2 aromatic rings. The fraction of sp³-hybridized carbons (Fsp3) is 0.118. The zero-order chi connectivity index (χ0) is 15.9. The maximum Gasteiger partial charge on any atom is 0.331 e. The second-order valence-corrected chi connectivity index (χ2v) is 5.36. The molecule has 0 atom stereocenters.